The molecule has 0 spiro atoms. The van der Waals surface area contributed by atoms with E-state index >= 15 is 0 Å². The van der Waals surface area contributed by atoms with Gasteiger partial charge in [0.15, 0.2) is 0 Å². The monoisotopic (exact) mass is 250 g/mol. The Balaban J connectivity index is 2.30. The Labute approximate surface area is 106 Å². The average Bonchev–Trinajstić information content (AvgIpc) is 2.69. The molecule has 1 aromatic rings. The van der Waals surface area contributed by atoms with Crippen molar-refractivity contribution < 1.29 is 9.66 Å². The maximum absolute atomic E-state index is 11.1. The van der Waals surface area contributed by atoms with Crippen molar-refractivity contribution in [2.45, 2.75) is 39.3 Å². The van der Waals surface area contributed by atoms with Gasteiger partial charge in [-0.25, -0.2) is 0 Å². The molecule has 1 aliphatic rings. The summed E-state index contributed by atoms with van der Waals surface area (Å²) in [6, 6.07) is 3.61. The molecule has 0 radical (unpaired) electrons. The van der Waals surface area contributed by atoms with E-state index < -0.39 is 0 Å². The lowest BCUT2D eigenvalue weighted by atomic mass is 10.1. The van der Waals surface area contributed by atoms with E-state index in [0.29, 0.717) is 12.3 Å². The summed E-state index contributed by atoms with van der Waals surface area (Å²) in [5.74, 6) is 0. The zero-order valence-corrected chi connectivity index (χ0v) is 10.9. The summed E-state index contributed by atoms with van der Waals surface area (Å²) in [5, 5.41) is 14.3. The Morgan fingerprint density at radius 2 is 2.06 bits per heavy atom. The van der Waals surface area contributed by atoms with E-state index in [1.54, 1.807) is 6.07 Å². The van der Waals surface area contributed by atoms with E-state index in [0.717, 1.165) is 17.5 Å². The van der Waals surface area contributed by atoms with E-state index in [2.05, 4.69) is 5.32 Å². The van der Waals surface area contributed by atoms with E-state index in [9.17, 15) is 10.1 Å². The van der Waals surface area contributed by atoms with Gasteiger partial charge in [0.05, 0.1) is 17.1 Å². The molecule has 1 heterocycles. The largest absolute Gasteiger partial charge is 0.376 e. The van der Waals surface area contributed by atoms with Gasteiger partial charge < -0.3 is 10.1 Å². The molecule has 98 valence electrons. The van der Waals surface area contributed by atoms with Crippen LogP contribution in [0.25, 0.3) is 0 Å². The molecule has 0 aliphatic carbocycles. The Hall–Kier alpha value is -1.62. The van der Waals surface area contributed by atoms with Crippen molar-refractivity contribution in [2.24, 2.45) is 0 Å². The summed E-state index contributed by atoms with van der Waals surface area (Å²) in [7, 11) is 0. The smallest absolute Gasteiger partial charge is 0.292 e. The van der Waals surface area contributed by atoms with Crippen molar-refractivity contribution in [2.75, 3.05) is 11.9 Å². The predicted molar refractivity (Wildman–Crippen MR) is 70.0 cm³/mol. The molecule has 1 fully saturated rings. The number of nitrogens with zero attached hydrogens (tertiary/aromatic N) is 1. The molecule has 2 rings (SSSR count). The Kier molecular flexibility index (Phi) is 3.52. The Bertz CT molecular complexity index is 474. The zero-order valence-electron chi connectivity index (χ0n) is 10.9. The number of benzene rings is 1. The van der Waals surface area contributed by atoms with Crippen LogP contribution in [0.15, 0.2) is 12.1 Å². The fraction of sp³-hybridized carbons (Fsp3) is 0.538. The third-order valence-electron chi connectivity index (χ3n) is 3.53. The minimum atomic E-state index is -0.338. The van der Waals surface area contributed by atoms with Crippen LogP contribution in [0.2, 0.25) is 0 Å². The number of ether oxygens (including phenoxy) is 1. The van der Waals surface area contributed by atoms with Crippen LogP contribution in [0, 0.1) is 24.0 Å². The van der Waals surface area contributed by atoms with E-state index in [-0.39, 0.29) is 22.8 Å². The molecule has 2 unspecified atom stereocenters. The number of nitrogens with one attached hydrogen (secondary N) is 1. The first-order valence-electron chi connectivity index (χ1n) is 6.13. The lowest BCUT2D eigenvalue weighted by Crippen LogP contribution is -2.27. The van der Waals surface area contributed by atoms with Gasteiger partial charge in [0, 0.05) is 12.7 Å². The molecule has 1 aliphatic heterocycles. The first-order valence-corrected chi connectivity index (χ1v) is 6.13. The molecule has 1 saturated heterocycles. The van der Waals surface area contributed by atoms with E-state index in [4.69, 9.17) is 4.74 Å². The molecule has 0 saturated carbocycles. The van der Waals surface area contributed by atoms with Gasteiger partial charge in [0.2, 0.25) is 0 Å². The lowest BCUT2D eigenvalue weighted by molar-refractivity contribution is -0.384. The second kappa shape index (κ2) is 4.94. The van der Waals surface area contributed by atoms with Crippen LogP contribution in [-0.2, 0) is 4.74 Å². The van der Waals surface area contributed by atoms with Gasteiger partial charge in [0.1, 0.15) is 5.69 Å². The number of hydrogen-bond donors (Lipinski definition) is 1. The molecule has 18 heavy (non-hydrogen) atoms. The number of nitro benzene ring substituents is 1. The van der Waals surface area contributed by atoms with Gasteiger partial charge in [-0.2, -0.15) is 0 Å². The van der Waals surface area contributed by atoms with Gasteiger partial charge in [0.25, 0.3) is 5.69 Å². The highest BCUT2D eigenvalue weighted by atomic mass is 16.6. The quantitative estimate of drug-likeness (QED) is 0.661. The maximum Gasteiger partial charge on any atom is 0.292 e. The summed E-state index contributed by atoms with van der Waals surface area (Å²) < 4.78 is 5.46. The molecule has 2 atom stereocenters. The molecule has 1 aromatic carbocycles. The highest BCUT2D eigenvalue weighted by molar-refractivity contribution is 5.65. The summed E-state index contributed by atoms with van der Waals surface area (Å²) in [4.78, 5) is 10.7. The Morgan fingerprint density at radius 1 is 1.39 bits per heavy atom. The highest BCUT2D eigenvalue weighted by Crippen LogP contribution is 2.30. The fourth-order valence-electron chi connectivity index (χ4n) is 2.19. The second-order valence-electron chi connectivity index (χ2n) is 4.83. The summed E-state index contributed by atoms with van der Waals surface area (Å²) in [6.45, 7) is 6.53. The van der Waals surface area contributed by atoms with Crippen LogP contribution in [0.1, 0.15) is 24.5 Å². The van der Waals surface area contributed by atoms with Crippen LogP contribution in [0.5, 0.6) is 0 Å². The van der Waals surface area contributed by atoms with Crippen molar-refractivity contribution in [1.29, 1.82) is 0 Å². The topological polar surface area (TPSA) is 64.4 Å². The van der Waals surface area contributed by atoms with Crippen molar-refractivity contribution >= 4 is 11.4 Å². The van der Waals surface area contributed by atoms with Gasteiger partial charge >= 0.3 is 0 Å². The van der Waals surface area contributed by atoms with Crippen molar-refractivity contribution in [1.82, 2.24) is 0 Å². The third-order valence-corrected chi connectivity index (χ3v) is 3.53. The predicted octanol–water partition coefficient (Wildman–Crippen LogP) is 2.80. The molecule has 5 nitrogen and oxygen atoms in total. The van der Waals surface area contributed by atoms with Crippen LogP contribution < -0.4 is 5.32 Å². The first-order chi connectivity index (χ1) is 8.49. The molecule has 0 aromatic heterocycles. The number of nitro groups is 1. The fourth-order valence-corrected chi connectivity index (χ4v) is 2.19. The van der Waals surface area contributed by atoms with Crippen molar-refractivity contribution in [3.05, 3.63) is 33.4 Å². The zero-order chi connectivity index (χ0) is 13.3. The number of hydrogen-bond acceptors (Lipinski definition) is 4. The number of aryl methyl sites for hydroxylation is 2. The molecular weight excluding hydrogens is 232 g/mol. The summed E-state index contributed by atoms with van der Waals surface area (Å²) >= 11 is 0. The number of rotatable bonds is 3. The highest BCUT2D eigenvalue weighted by Gasteiger charge is 2.26. The minimum Gasteiger partial charge on any atom is -0.376 e. The van der Waals surface area contributed by atoms with Gasteiger partial charge in [-0.1, -0.05) is 0 Å². The first kappa shape index (κ1) is 12.8. The van der Waals surface area contributed by atoms with Crippen LogP contribution in [0.4, 0.5) is 11.4 Å². The molecule has 1 N–H and O–H groups in total. The number of anilines is 1. The van der Waals surface area contributed by atoms with Crippen LogP contribution >= 0.6 is 0 Å². The van der Waals surface area contributed by atoms with Crippen molar-refractivity contribution in [3.8, 4) is 0 Å². The standard InChI is InChI=1S/C13H18N2O3/c1-8-6-12(13(15(16)17)7-9(8)2)14-11-4-5-18-10(11)3/h6-7,10-11,14H,4-5H2,1-3H3. The van der Waals surface area contributed by atoms with Crippen LogP contribution in [-0.4, -0.2) is 23.7 Å². The molecule has 0 bridgehead atoms. The lowest BCUT2D eigenvalue weighted by Gasteiger charge is -2.18. The molecular formula is C13H18N2O3. The SMILES string of the molecule is Cc1cc(NC2CCOC2C)c([N+](=O)[O-])cc1C. The second-order valence-corrected chi connectivity index (χ2v) is 4.83. The molecule has 0 amide bonds. The van der Waals surface area contributed by atoms with E-state index in [1.807, 2.05) is 26.8 Å². The third kappa shape index (κ3) is 2.46. The Morgan fingerprint density at radius 3 is 2.61 bits per heavy atom. The normalized spacial score (nSPS) is 23.1. The summed E-state index contributed by atoms with van der Waals surface area (Å²) in [5.41, 5.74) is 2.71. The maximum atomic E-state index is 11.1. The van der Waals surface area contributed by atoms with Crippen LogP contribution in [0.3, 0.4) is 0 Å². The minimum absolute atomic E-state index is 0.0891. The van der Waals surface area contributed by atoms with Crippen molar-refractivity contribution in [3.63, 3.8) is 0 Å². The van der Waals surface area contributed by atoms with Gasteiger partial charge in [-0.05, 0) is 44.4 Å². The summed E-state index contributed by atoms with van der Waals surface area (Å²) in [6.07, 6.45) is 0.969. The van der Waals surface area contributed by atoms with Gasteiger partial charge in [-0.3, -0.25) is 10.1 Å². The molecule has 5 heteroatoms. The van der Waals surface area contributed by atoms with Gasteiger partial charge in [-0.15, -0.1) is 0 Å². The average molecular weight is 250 g/mol. The van der Waals surface area contributed by atoms with E-state index in [1.165, 1.54) is 0 Å².